The summed E-state index contributed by atoms with van der Waals surface area (Å²) in [5.74, 6) is 2.77. The molecule has 0 unspecified atom stereocenters. The van der Waals surface area contributed by atoms with E-state index in [1.54, 1.807) is 0 Å². The molecule has 0 heterocycles. The quantitative estimate of drug-likeness (QED) is 0.672. The van der Waals surface area contributed by atoms with E-state index < -0.39 is 5.60 Å². The summed E-state index contributed by atoms with van der Waals surface area (Å²) in [4.78, 5) is 0. The van der Waals surface area contributed by atoms with Crippen molar-refractivity contribution in [2.75, 3.05) is 0 Å². The lowest BCUT2D eigenvalue weighted by Crippen LogP contribution is -2.25. The molecule has 2 bridgehead atoms. The Labute approximate surface area is 75.2 Å². The van der Waals surface area contributed by atoms with E-state index in [4.69, 9.17) is 0 Å². The number of rotatable bonds is 2. The molecule has 2 aliphatic rings. The van der Waals surface area contributed by atoms with Crippen LogP contribution in [0.4, 0.5) is 0 Å². The first-order chi connectivity index (χ1) is 5.56. The number of aliphatic hydroxyl groups is 1. The molecule has 0 spiro atoms. The minimum absolute atomic E-state index is 0.435. The van der Waals surface area contributed by atoms with Crippen LogP contribution in [0.15, 0.2) is 0 Å². The normalized spacial score (nSPS) is 40.8. The fourth-order valence-corrected chi connectivity index (χ4v) is 3.30. The second-order valence-corrected chi connectivity index (χ2v) is 5.36. The second kappa shape index (κ2) is 2.73. The molecule has 0 radical (unpaired) electrons. The van der Waals surface area contributed by atoms with Gasteiger partial charge >= 0.3 is 0 Å². The van der Waals surface area contributed by atoms with Crippen LogP contribution in [0.25, 0.3) is 0 Å². The molecular weight excluding hydrogens is 148 g/mol. The molecule has 1 N–H and O–H groups in total. The Morgan fingerprint density at radius 2 is 1.50 bits per heavy atom. The van der Waals surface area contributed by atoms with Crippen molar-refractivity contribution in [2.24, 2.45) is 17.8 Å². The van der Waals surface area contributed by atoms with Crippen molar-refractivity contribution in [3.8, 4) is 0 Å². The van der Waals surface area contributed by atoms with Crippen molar-refractivity contribution >= 4 is 0 Å². The maximum atomic E-state index is 9.74. The maximum Gasteiger partial charge on any atom is 0.0594 e. The molecule has 0 aliphatic heterocycles. The Morgan fingerprint density at radius 1 is 1.08 bits per heavy atom. The van der Waals surface area contributed by atoms with Crippen molar-refractivity contribution in [3.05, 3.63) is 0 Å². The van der Waals surface area contributed by atoms with Crippen LogP contribution in [0.5, 0.6) is 0 Å². The van der Waals surface area contributed by atoms with Crippen LogP contribution in [0.2, 0.25) is 0 Å². The summed E-state index contributed by atoms with van der Waals surface area (Å²) in [6.45, 7) is 3.90. The molecule has 2 aliphatic carbocycles. The highest BCUT2D eigenvalue weighted by Gasteiger charge is 2.43. The first kappa shape index (κ1) is 8.55. The lowest BCUT2D eigenvalue weighted by atomic mass is 9.86. The SMILES string of the molecule is CC(C)(O)CC1C2CCC1CC2. The summed E-state index contributed by atoms with van der Waals surface area (Å²) in [6.07, 6.45) is 6.77. The summed E-state index contributed by atoms with van der Waals surface area (Å²) in [5, 5.41) is 9.74. The molecule has 0 amide bonds. The van der Waals surface area contributed by atoms with Gasteiger partial charge in [0.05, 0.1) is 5.60 Å². The van der Waals surface area contributed by atoms with E-state index in [-0.39, 0.29) is 0 Å². The Balaban J connectivity index is 1.97. The van der Waals surface area contributed by atoms with Crippen LogP contribution in [0.3, 0.4) is 0 Å². The number of hydrogen-bond donors (Lipinski definition) is 1. The highest BCUT2D eigenvalue weighted by atomic mass is 16.3. The van der Waals surface area contributed by atoms with Gasteiger partial charge in [0.25, 0.3) is 0 Å². The molecule has 1 heteroatoms. The average molecular weight is 168 g/mol. The van der Waals surface area contributed by atoms with Gasteiger partial charge in [0, 0.05) is 0 Å². The van der Waals surface area contributed by atoms with Gasteiger partial charge in [0.2, 0.25) is 0 Å². The van der Waals surface area contributed by atoms with E-state index in [9.17, 15) is 5.11 Å². The first-order valence-corrected chi connectivity index (χ1v) is 5.29. The van der Waals surface area contributed by atoms with Gasteiger partial charge in [-0.3, -0.25) is 0 Å². The molecule has 0 aromatic carbocycles. The molecule has 2 fully saturated rings. The molecule has 70 valence electrons. The maximum absolute atomic E-state index is 9.74. The van der Waals surface area contributed by atoms with E-state index in [1.807, 2.05) is 13.8 Å². The van der Waals surface area contributed by atoms with Gasteiger partial charge in [0.15, 0.2) is 0 Å². The molecule has 0 aromatic heterocycles. The van der Waals surface area contributed by atoms with Crippen molar-refractivity contribution in [2.45, 2.75) is 51.6 Å². The molecule has 1 nitrogen and oxygen atoms in total. The average Bonchev–Trinajstić information content (AvgIpc) is 2.46. The Bertz CT molecular complexity index is 148. The van der Waals surface area contributed by atoms with Crippen LogP contribution in [0, 0.1) is 17.8 Å². The molecule has 12 heavy (non-hydrogen) atoms. The molecule has 0 saturated heterocycles. The van der Waals surface area contributed by atoms with Gasteiger partial charge in [-0.2, -0.15) is 0 Å². The topological polar surface area (TPSA) is 20.2 Å². The molecular formula is C11H20O. The van der Waals surface area contributed by atoms with Gasteiger partial charge in [-0.05, 0) is 63.7 Å². The van der Waals surface area contributed by atoms with Crippen molar-refractivity contribution in [1.82, 2.24) is 0 Å². The van der Waals surface area contributed by atoms with Crippen LogP contribution < -0.4 is 0 Å². The first-order valence-electron chi connectivity index (χ1n) is 5.29. The summed E-state index contributed by atoms with van der Waals surface area (Å²) >= 11 is 0. The van der Waals surface area contributed by atoms with Crippen LogP contribution >= 0.6 is 0 Å². The van der Waals surface area contributed by atoms with Crippen molar-refractivity contribution in [1.29, 1.82) is 0 Å². The minimum Gasteiger partial charge on any atom is -0.390 e. The van der Waals surface area contributed by atoms with E-state index >= 15 is 0 Å². The molecule has 0 aromatic rings. The standard InChI is InChI=1S/C11H20O/c1-11(2,12)7-10-8-3-4-9(10)6-5-8/h8-10,12H,3-7H2,1-2H3. The number of hydrogen-bond acceptors (Lipinski definition) is 1. The van der Waals surface area contributed by atoms with Gasteiger partial charge < -0.3 is 5.11 Å². The summed E-state index contributed by atoms with van der Waals surface area (Å²) < 4.78 is 0. The zero-order valence-electron chi connectivity index (χ0n) is 8.21. The Kier molecular flexibility index (Phi) is 1.95. The largest absolute Gasteiger partial charge is 0.390 e. The molecule has 0 atom stereocenters. The van der Waals surface area contributed by atoms with Gasteiger partial charge in [0.1, 0.15) is 0 Å². The van der Waals surface area contributed by atoms with E-state index in [0.717, 1.165) is 24.2 Å². The van der Waals surface area contributed by atoms with Crippen LogP contribution in [0.1, 0.15) is 46.0 Å². The predicted octanol–water partition coefficient (Wildman–Crippen LogP) is 2.58. The lowest BCUT2D eigenvalue weighted by Gasteiger charge is -2.24. The molecule has 2 saturated carbocycles. The van der Waals surface area contributed by atoms with Crippen molar-refractivity contribution in [3.63, 3.8) is 0 Å². The molecule has 2 rings (SSSR count). The fraction of sp³-hybridized carbons (Fsp3) is 1.00. The third kappa shape index (κ3) is 1.52. The predicted molar refractivity (Wildman–Crippen MR) is 49.9 cm³/mol. The summed E-state index contributed by atoms with van der Waals surface area (Å²) in [6, 6.07) is 0. The minimum atomic E-state index is -0.435. The fourth-order valence-electron chi connectivity index (χ4n) is 3.30. The zero-order valence-corrected chi connectivity index (χ0v) is 8.21. The third-order valence-electron chi connectivity index (χ3n) is 3.76. The number of fused-ring (bicyclic) bond motifs is 2. The van der Waals surface area contributed by atoms with E-state index in [0.29, 0.717) is 0 Å². The second-order valence-electron chi connectivity index (χ2n) is 5.36. The van der Waals surface area contributed by atoms with E-state index in [1.165, 1.54) is 25.7 Å². The van der Waals surface area contributed by atoms with Gasteiger partial charge in [-0.1, -0.05) is 0 Å². The van der Waals surface area contributed by atoms with Crippen LogP contribution in [-0.4, -0.2) is 10.7 Å². The monoisotopic (exact) mass is 168 g/mol. The third-order valence-corrected chi connectivity index (χ3v) is 3.76. The highest BCUT2D eigenvalue weighted by molar-refractivity contribution is 4.93. The zero-order chi connectivity index (χ0) is 8.77. The van der Waals surface area contributed by atoms with Crippen LogP contribution in [-0.2, 0) is 0 Å². The van der Waals surface area contributed by atoms with Crippen molar-refractivity contribution < 1.29 is 5.11 Å². The Morgan fingerprint density at radius 3 is 1.83 bits per heavy atom. The van der Waals surface area contributed by atoms with E-state index in [2.05, 4.69) is 0 Å². The smallest absolute Gasteiger partial charge is 0.0594 e. The van der Waals surface area contributed by atoms with Gasteiger partial charge in [-0.25, -0.2) is 0 Å². The lowest BCUT2D eigenvalue weighted by molar-refractivity contribution is 0.0443. The highest BCUT2D eigenvalue weighted by Crippen LogP contribution is 2.51. The summed E-state index contributed by atoms with van der Waals surface area (Å²) in [5.41, 5.74) is -0.435. The summed E-state index contributed by atoms with van der Waals surface area (Å²) in [7, 11) is 0. The Hall–Kier alpha value is -0.0400. The van der Waals surface area contributed by atoms with Gasteiger partial charge in [-0.15, -0.1) is 0 Å².